The Kier molecular flexibility index (Phi) is 6.30. The van der Waals surface area contributed by atoms with Gasteiger partial charge in [0, 0.05) is 42.1 Å². The molecule has 0 spiro atoms. The van der Waals surface area contributed by atoms with E-state index < -0.39 is 11.7 Å². The Morgan fingerprint density at radius 1 is 1.41 bits per heavy atom. The topological polar surface area (TPSA) is 67.9 Å². The Labute approximate surface area is 166 Å². The van der Waals surface area contributed by atoms with Crippen molar-refractivity contribution in [3.05, 3.63) is 27.8 Å². The van der Waals surface area contributed by atoms with Crippen molar-refractivity contribution < 1.29 is 19.1 Å². The Bertz CT molecular complexity index is 742. The zero-order valence-corrected chi connectivity index (χ0v) is 17.9. The van der Waals surface area contributed by atoms with Crippen LogP contribution in [-0.4, -0.2) is 43.2 Å². The lowest BCUT2D eigenvalue weighted by atomic mass is 9.89. The molecule has 6 nitrogen and oxygen atoms in total. The monoisotopic (exact) mass is 396 g/mol. The van der Waals surface area contributed by atoms with Crippen LogP contribution in [0, 0.1) is 6.92 Å². The second kappa shape index (κ2) is 7.97. The smallest absolute Gasteiger partial charge is 0.408 e. The third-order valence-corrected chi connectivity index (χ3v) is 5.10. The fraction of sp³-hybridized carbons (Fsp3) is 0.600. The summed E-state index contributed by atoms with van der Waals surface area (Å²) in [6.07, 6.45) is -0.0902. The van der Waals surface area contributed by atoms with E-state index in [9.17, 15) is 9.59 Å². The first-order valence-corrected chi connectivity index (χ1v) is 9.42. The molecule has 7 heteroatoms. The van der Waals surface area contributed by atoms with Crippen LogP contribution in [-0.2, 0) is 9.53 Å². The minimum absolute atomic E-state index is 0.00336. The summed E-state index contributed by atoms with van der Waals surface area (Å²) >= 11 is 6.49. The number of carbonyl (C=O) groups is 2. The number of ether oxygens (including phenoxy) is 2. The number of halogens is 1. The predicted molar refractivity (Wildman–Crippen MR) is 106 cm³/mol. The third-order valence-electron chi connectivity index (χ3n) is 4.70. The summed E-state index contributed by atoms with van der Waals surface area (Å²) in [5.74, 6) is 0.764. The molecule has 0 aliphatic carbocycles. The fourth-order valence-corrected chi connectivity index (χ4v) is 3.64. The van der Waals surface area contributed by atoms with Crippen LogP contribution >= 0.6 is 11.6 Å². The van der Waals surface area contributed by atoms with Gasteiger partial charge in [0.25, 0.3) is 0 Å². The van der Waals surface area contributed by atoms with Crippen molar-refractivity contribution in [2.45, 2.75) is 58.6 Å². The number of amides is 2. The molecule has 1 aromatic carbocycles. The molecule has 2 atom stereocenters. The van der Waals surface area contributed by atoms with Gasteiger partial charge in [-0.25, -0.2) is 4.79 Å². The lowest BCUT2D eigenvalue weighted by molar-refractivity contribution is -0.126. The van der Waals surface area contributed by atoms with Crippen LogP contribution in [0.1, 0.15) is 62.8 Å². The van der Waals surface area contributed by atoms with Crippen molar-refractivity contribution in [3.63, 3.8) is 0 Å². The summed E-state index contributed by atoms with van der Waals surface area (Å²) in [5.41, 5.74) is 2.00. The van der Waals surface area contributed by atoms with Crippen LogP contribution in [0.2, 0.25) is 5.02 Å². The number of rotatable bonds is 4. The summed E-state index contributed by atoms with van der Waals surface area (Å²) in [5, 5.41) is 3.42. The summed E-state index contributed by atoms with van der Waals surface area (Å²) < 4.78 is 11.1. The zero-order valence-electron chi connectivity index (χ0n) is 17.1. The van der Waals surface area contributed by atoms with E-state index in [1.165, 1.54) is 0 Å². The van der Waals surface area contributed by atoms with E-state index in [1.54, 1.807) is 19.1 Å². The minimum Gasteiger partial charge on any atom is -0.496 e. The van der Waals surface area contributed by atoms with Gasteiger partial charge < -0.3 is 19.7 Å². The molecular weight excluding hydrogens is 368 g/mol. The van der Waals surface area contributed by atoms with E-state index >= 15 is 0 Å². The van der Waals surface area contributed by atoms with Gasteiger partial charge in [0.2, 0.25) is 5.91 Å². The van der Waals surface area contributed by atoms with Crippen LogP contribution in [0.4, 0.5) is 4.79 Å². The molecule has 1 aromatic rings. The molecule has 1 fully saturated rings. The van der Waals surface area contributed by atoms with E-state index in [0.29, 0.717) is 23.7 Å². The van der Waals surface area contributed by atoms with E-state index in [0.717, 1.165) is 16.7 Å². The number of methoxy groups -OCH3 is 1. The van der Waals surface area contributed by atoms with Crippen LogP contribution in [0.15, 0.2) is 6.07 Å². The van der Waals surface area contributed by atoms with Gasteiger partial charge in [0.15, 0.2) is 0 Å². The maximum Gasteiger partial charge on any atom is 0.408 e. The SMILES string of the molecule is COc1c(C(C)NC(=O)OC(C)(C)C)cc(Cl)c(C)c1C1CC(=O)N(C)C1. The molecule has 1 aliphatic heterocycles. The number of alkyl carbamates (subject to hydrolysis) is 1. The fourth-order valence-electron chi connectivity index (χ4n) is 3.42. The first-order chi connectivity index (χ1) is 12.4. The van der Waals surface area contributed by atoms with Crippen molar-refractivity contribution in [1.29, 1.82) is 0 Å². The first-order valence-electron chi connectivity index (χ1n) is 9.05. The van der Waals surface area contributed by atoms with Crippen LogP contribution in [0.25, 0.3) is 0 Å². The molecule has 1 saturated heterocycles. The largest absolute Gasteiger partial charge is 0.496 e. The molecule has 2 unspecified atom stereocenters. The van der Waals surface area contributed by atoms with Crippen molar-refractivity contribution in [2.75, 3.05) is 20.7 Å². The minimum atomic E-state index is -0.585. The third kappa shape index (κ3) is 4.86. The van der Waals surface area contributed by atoms with Gasteiger partial charge in [-0.15, -0.1) is 0 Å². The highest BCUT2D eigenvalue weighted by atomic mass is 35.5. The zero-order chi connectivity index (χ0) is 20.5. The standard InChI is InChI=1S/C20H29ClN2O4/c1-11-15(21)9-14(12(2)22-19(25)27-20(3,4)5)18(26-7)17(11)13-8-16(24)23(6)10-13/h9,12-13H,8,10H2,1-7H3,(H,22,25). The number of hydrogen-bond donors (Lipinski definition) is 1. The Hall–Kier alpha value is -1.95. The first kappa shape index (κ1) is 21.4. The molecule has 1 aliphatic rings. The van der Waals surface area contributed by atoms with Crippen molar-refractivity contribution >= 4 is 23.6 Å². The average Bonchev–Trinajstić information content (AvgIpc) is 2.86. The van der Waals surface area contributed by atoms with Gasteiger partial charge in [0.1, 0.15) is 11.4 Å². The van der Waals surface area contributed by atoms with Gasteiger partial charge in [-0.1, -0.05) is 11.6 Å². The highest BCUT2D eigenvalue weighted by Crippen LogP contribution is 2.43. The normalized spacial score (nSPS) is 18.4. The molecule has 2 rings (SSSR count). The second-order valence-corrected chi connectivity index (χ2v) is 8.47. The number of carbonyl (C=O) groups excluding carboxylic acids is 2. The number of benzene rings is 1. The Morgan fingerprint density at radius 3 is 2.52 bits per heavy atom. The Balaban J connectivity index is 2.40. The summed E-state index contributed by atoms with van der Waals surface area (Å²) in [6, 6.07) is 1.43. The van der Waals surface area contributed by atoms with Crippen LogP contribution in [0.5, 0.6) is 5.75 Å². The van der Waals surface area contributed by atoms with E-state index in [2.05, 4.69) is 5.32 Å². The second-order valence-electron chi connectivity index (χ2n) is 8.06. The van der Waals surface area contributed by atoms with Crippen LogP contribution < -0.4 is 10.1 Å². The molecule has 1 N–H and O–H groups in total. The molecular formula is C20H29ClN2O4. The number of likely N-dealkylation sites (tertiary alicyclic amines) is 1. The van der Waals surface area contributed by atoms with Gasteiger partial charge in [-0.05, 0) is 46.2 Å². The maximum atomic E-state index is 12.2. The number of likely N-dealkylation sites (N-methyl/N-ethyl adjacent to an activating group) is 1. The molecule has 0 saturated carbocycles. The summed E-state index contributed by atoms with van der Waals surface area (Å²) in [4.78, 5) is 25.9. The number of nitrogens with one attached hydrogen (secondary N) is 1. The van der Waals surface area contributed by atoms with Gasteiger partial charge in [-0.3, -0.25) is 4.79 Å². The van der Waals surface area contributed by atoms with Gasteiger partial charge >= 0.3 is 6.09 Å². The average molecular weight is 397 g/mol. The van der Waals surface area contributed by atoms with Crippen molar-refractivity contribution in [2.24, 2.45) is 0 Å². The highest BCUT2D eigenvalue weighted by molar-refractivity contribution is 6.31. The molecule has 0 bridgehead atoms. The predicted octanol–water partition coefficient (Wildman–Crippen LogP) is 4.19. The van der Waals surface area contributed by atoms with E-state index in [-0.39, 0.29) is 17.9 Å². The molecule has 2 amide bonds. The van der Waals surface area contributed by atoms with Crippen LogP contribution in [0.3, 0.4) is 0 Å². The molecule has 0 radical (unpaired) electrons. The lowest BCUT2D eigenvalue weighted by Gasteiger charge is -2.26. The Morgan fingerprint density at radius 2 is 2.04 bits per heavy atom. The molecule has 0 aromatic heterocycles. The van der Waals surface area contributed by atoms with Crippen molar-refractivity contribution in [1.82, 2.24) is 10.2 Å². The van der Waals surface area contributed by atoms with Gasteiger partial charge in [-0.2, -0.15) is 0 Å². The summed E-state index contributed by atoms with van der Waals surface area (Å²) in [6.45, 7) is 9.83. The highest BCUT2D eigenvalue weighted by Gasteiger charge is 2.33. The lowest BCUT2D eigenvalue weighted by Crippen LogP contribution is -2.34. The van der Waals surface area contributed by atoms with Crippen molar-refractivity contribution in [3.8, 4) is 5.75 Å². The molecule has 27 heavy (non-hydrogen) atoms. The summed E-state index contributed by atoms with van der Waals surface area (Å²) in [7, 11) is 3.39. The maximum absolute atomic E-state index is 12.2. The number of nitrogens with zero attached hydrogens (tertiary/aromatic N) is 1. The van der Waals surface area contributed by atoms with E-state index in [4.69, 9.17) is 21.1 Å². The van der Waals surface area contributed by atoms with Gasteiger partial charge in [0.05, 0.1) is 13.2 Å². The molecule has 1 heterocycles. The molecule has 150 valence electrons. The van der Waals surface area contributed by atoms with E-state index in [1.807, 2.05) is 40.7 Å². The quantitative estimate of drug-likeness (QED) is 0.828. The number of hydrogen-bond acceptors (Lipinski definition) is 4.